The van der Waals surface area contributed by atoms with E-state index in [9.17, 15) is 4.79 Å². The fourth-order valence-corrected chi connectivity index (χ4v) is 0.594. The van der Waals surface area contributed by atoms with Gasteiger partial charge in [-0.2, -0.15) is 0 Å². The minimum Gasteiger partial charge on any atom is -0.460 e. The Morgan fingerprint density at radius 2 is 2.25 bits per heavy atom. The predicted molar refractivity (Wildman–Crippen MR) is 46.1 cm³/mol. The molecule has 0 aliphatic heterocycles. The Hall–Kier alpha value is -0.800. The van der Waals surface area contributed by atoms with Crippen molar-refractivity contribution in [2.75, 3.05) is 0 Å². The van der Waals surface area contributed by atoms with Crippen molar-refractivity contribution in [2.24, 2.45) is 5.73 Å². The van der Waals surface area contributed by atoms with Gasteiger partial charge in [-0.25, -0.2) is 0 Å². The van der Waals surface area contributed by atoms with Crippen molar-refractivity contribution in [2.45, 2.75) is 18.9 Å². The Kier molecular flexibility index (Phi) is 3.31. The molecule has 0 radical (unpaired) electrons. The van der Waals surface area contributed by atoms with Crippen LogP contribution in [0.1, 0.15) is 23.4 Å². The molecule has 0 saturated heterocycles. The molecular weight excluding hydrogens is 178 g/mol. The van der Waals surface area contributed by atoms with Crippen molar-refractivity contribution in [3.63, 3.8) is 0 Å². The minimum absolute atomic E-state index is 0.187. The summed E-state index contributed by atoms with van der Waals surface area (Å²) >= 11 is 5.01. The summed E-state index contributed by atoms with van der Waals surface area (Å²) in [7, 11) is 0. The first-order valence-corrected chi connectivity index (χ1v) is 4.07. The van der Waals surface area contributed by atoms with Gasteiger partial charge in [0.2, 0.25) is 0 Å². The van der Waals surface area contributed by atoms with Crippen LogP contribution in [-0.4, -0.2) is 11.3 Å². The first-order chi connectivity index (χ1) is 5.70. The summed E-state index contributed by atoms with van der Waals surface area (Å²) < 4.78 is 4.61. The van der Waals surface area contributed by atoms with Gasteiger partial charge in [0.25, 0.3) is 5.24 Å². The summed E-state index contributed by atoms with van der Waals surface area (Å²) in [6.45, 7) is 0. The van der Waals surface area contributed by atoms with Crippen LogP contribution in [-0.2, 0) is 0 Å². The predicted octanol–water partition coefficient (Wildman–Crippen LogP) is 1.77. The number of nitrogens with two attached hydrogens (primary N) is 1. The highest BCUT2D eigenvalue weighted by molar-refractivity contribution is 6.67. The van der Waals surface area contributed by atoms with E-state index >= 15 is 0 Å². The summed E-state index contributed by atoms with van der Waals surface area (Å²) in [5.74, 6) is 0.187. The van der Waals surface area contributed by atoms with E-state index in [2.05, 4.69) is 4.42 Å². The zero-order valence-electron chi connectivity index (χ0n) is 6.50. The number of furan rings is 1. The molecule has 4 heteroatoms. The lowest BCUT2D eigenvalue weighted by Crippen LogP contribution is -1.94. The molecule has 2 N–H and O–H groups in total. The average molecular weight is 188 g/mol. The number of halogens is 1. The Morgan fingerprint density at radius 3 is 2.42 bits per heavy atom. The van der Waals surface area contributed by atoms with Crippen LogP contribution in [0, 0.1) is 0 Å². The van der Waals surface area contributed by atoms with Gasteiger partial charge < -0.3 is 10.2 Å². The molecule has 1 heterocycles. The van der Waals surface area contributed by atoms with E-state index in [1.165, 1.54) is 25.2 Å². The zero-order valence-corrected chi connectivity index (χ0v) is 7.25. The second-order valence-corrected chi connectivity index (χ2v) is 2.93. The Balaban J connectivity index is 0.000000150. The monoisotopic (exact) mass is 187 g/mol. The van der Waals surface area contributed by atoms with Gasteiger partial charge in [0.15, 0.2) is 5.76 Å². The molecule has 1 aliphatic carbocycles. The van der Waals surface area contributed by atoms with Crippen LogP contribution in [0.3, 0.4) is 0 Å². The summed E-state index contributed by atoms with van der Waals surface area (Å²) in [6.07, 6.45) is 3.93. The summed E-state index contributed by atoms with van der Waals surface area (Å²) in [5.41, 5.74) is 5.22. The number of hydrogen-bond acceptors (Lipinski definition) is 3. The van der Waals surface area contributed by atoms with Crippen LogP contribution < -0.4 is 5.73 Å². The van der Waals surface area contributed by atoms with Gasteiger partial charge in [-0.15, -0.1) is 0 Å². The van der Waals surface area contributed by atoms with Crippen LogP contribution in [0.25, 0.3) is 0 Å². The number of rotatable bonds is 1. The maximum absolute atomic E-state index is 10.2. The molecule has 0 unspecified atom stereocenters. The van der Waals surface area contributed by atoms with Crippen LogP contribution in [0.2, 0.25) is 0 Å². The molecule has 2 rings (SSSR count). The largest absolute Gasteiger partial charge is 0.460 e. The molecule has 1 aromatic heterocycles. The van der Waals surface area contributed by atoms with E-state index in [4.69, 9.17) is 17.3 Å². The maximum Gasteiger partial charge on any atom is 0.287 e. The first kappa shape index (κ1) is 9.29. The van der Waals surface area contributed by atoms with Gasteiger partial charge in [0.05, 0.1) is 6.26 Å². The molecule has 0 spiro atoms. The maximum atomic E-state index is 10.2. The minimum atomic E-state index is -0.560. The molecule has 3 nitrogen and oxygen atoms in total. The van der Waals surface area contributed by atoms with E-state index in [0.29, 0.717) is 6.04 Å². The van der Waals surface area contributed by atoms with Crippen molar-refractivity contribution in [1.29, 1.82) is 0 Å². The highest BCUT2D eigenvalue weighted by Crippen LogP contribution is 2.13. The Morgan fingerprint density at radius 1 is 1.67 bits per heavy atom. The summed E-state index contributed by atoms with van der Waals surface area (Å²) in [5, 5.41) is -0.560. The second-order valence-electron chi connectivity index (χ2n) is 2.59. The highest BCUT2D eigenvalue weighted by Gasteiger charge is 2.13. The Labute approximate surface area is 75.5 Å². The van der Waals surface area contributed by atoms with E-state index in [1.54, 1.807) is 6.07 Å². The molecule has 1 aliphatic rings. The topological polar surface area (TPSA) is 56.2 Å². The lowest BCUT2D eigenvalue weighted by atomic mass is 10.5. The molecule has 66 valence electrons. The molecule has 0 aromatic carbocycles. The first-order valence-electron chi connectivity index (χ1n) is 3.69. The highest BCUT2D eigenvalue weighted by atomic mass is 35.5. The standard InChI is InChI=1S/C5H3ClO2.C3H7N/c6-5(7)4-2-1-3-8-4;4-3-1-2-3/h1-3H;3H,1-2,4H2. The zero-order chi connectivity index (χ0) is 8.97. The van der Waals surface area contributed by atoms with E-state index < -0.39 is 5.24 Å². The van der Waals surface area contributed by atoms with Crippen molar-refractivity contribution < 1.29 is 9.21 Å². The van der Waals surface area contributed by atoms with Crippen molar-refractivity contribution in [1.82, 2.24) is 0 Å². The van der Waals surface area contributed by atoms with Gasteiger partial charge in [0, 0.05) is 6.04 Å². The normalized spacial score (nSPS) is 14.8. The fourth-order valence-electron chi connectivity index (χ4n) is 0.487. The number of carbonyl (C=O) groups excluding carboxylic acids is 1. The third kappa shape index (κ3) is 3.55. The van der Waals surface area contributed by atoms with E-state index in [0.717, 1.165) is 0 Å². The lowest BCUT2D eigenvalue weighted by Gasteiger charge is -1.77. The lowest BCUT2D eigenvalue weighted by molar-refractivity contribution is 0.105. The molecular formula is C8H10ClNO2. The molecule has 1 fully saturated rings. The fraction of sp³-hybridized carbons (Fsp3) is 0.375. The third-order valence-corrected chi connectivity index (χ3v) is 1.52. The van der Waals surface area contributed by atoms with Crippen molar-refractivity contribution >= 4 is 16.8 Å². The van der Waals surface area contributed by atoms with Crippen LogP contribution in [0.15, 0.2) is 22.8 Å². The van der Waals surface area contributed by atoms with Crippen LogP contribution >= 0.6 is 11.6 Å². The van der Waals surface area contributed by atoms with Gasteiger partial charge in [-0.1, -0.05) is 0 Å². The van der Waals surface area contributed by atoms with E-state index in [-0.39, 0.29) is 5.76 Å². The van der Waals surface area contributed by atoms with Crippen LogP contribution in [0.4, 0.5) is 0 Å². The van der Waals surface area contributed by atoms with Gasteiger partial charge in [0.1, 0.15) is 0 Å². The molecule has 0 atom stereocenters. The smallest absolute Gasteiger partial charge is 0.287 e. The molecule has 1 aromatic rings. The molecule has 12 heavy (non-hydrogen) atoms. The van der Waals surface area contributed by atoms with Gasteiger partial charge in [-0.3, -0.25) is 4.79 Å². The molecule has 0 bridgehead atoms. The van der Waals surface area contributed by atoms with E-state index in [1.807, 2.05) is 0 Å². The molecule has 0 amide bonds. The van der Waals surface area contributed by atoms with Crippen molar-refractivity contribution in [3.05, 3.63) is 24.2 Å². The number of carbonyl (C=O) groups is 1. The van der Waals surface area contributed by atoms with Gasteiger partial charge in [-0.05, 0) is 36.6 Å². The van der Waals surface area contributed by atoms with Gasteiger partial charge >= 0.3 is 0 Å². The van der Waals surface area contributed by atoms with Crippen molar-refractivity contribution in [3.8, 4) is 0 Å². The summed E-state index contributed by atoms with van der Waals surface area (Å²) in [4.78, 5) is 10.2. The SMILES string of the molecule is NC1CC1.O=C(Cl)c1ccco1. The summed E-state index contributed by atoms with van der Waals surface area (Å²) in [6, 6.07) is 3.70. The number of hydrogen-bond donors (Lipinski definition) is 1. The molecule has 1 saturated carbocycles. The Bertz CT molecular complexity index is 242. The third-order valence-electron chi connectivity index (χ3n) is 1.34. The quantitative estimate of drug-likeness (QED) is 0.682. The van der Waals surface area contributed by atoms with Crippen LogP contribution in [0.5, 0.6) is 0 Å². The second kappa shape index (κ2) is 4.28. The average Bonchev–Trinajstić information content (AvgIpc) is 2.66.